The van der Waals surface area contributed by atoms with E-state index in [1.807, 2.05) is 38.1 Å². The van der Waals surface area contributed by atoms with E-state index in [2.05, 4.69) is 5.32 Å². The molecule has 2 aromatic carbocycles. The Morgan fingerprint density at radius 3 is 2.41 bits per heavy atom. The maximum absolute atomic E-state index is 12.8. The van der Waals surface area contributed by atoms with Gasteiger partial charge in [0.1, 0.15) is 5.82 Å². The zero-order chi connectivity index (χ0) is 15.9. The first-order chi connectivity index (χ1) is 10.5. The molecule has 2 nitrogen and oxygen atoms in total. The van der Waals surface area contributed by atoms with Crippen LogP contribution in [0.2, 0.25) is 0 Å². The molecule has 116 valence electrons. The molecular weight excluding hydrogens is 297 g/mol. The fraction of sp³-hybridized carbons (Fsp3) is 0.278. The third-order valence-electron chi connectivity index (χ3n) is 3.37. The Kier molecular flexibility index (Phi) is 6.01. The Labute approximate surface area is 135 Å². The van der Waals surface area contributed by atoms with Gasteiger partial charge in [0.2, 0.25) is 5.91 Å². The summed E-state index contributed by atoms with van der Waals surface area (Å²) in [6.45, 7) is 4.02. The highest BCUT2D eigenvalue weighted by Gasteiger charge is 2.09. The summed E-state index contributed by atoms with van der Waals surface area (Å²) in [5.74, 6) is 0.874. The Morgan fingerprint density at radius 2 is 1.77 bits per heavy atom. The van der Waals surface area contributed by atoms with E-state index in [1.54, 1.807) is 12.1 Å². The second-order valence-corrected chi connectivity index (χ2v) is 6.30. The highest BCUT2D eigenvalue weighted by molar-refractivity contribution is 7.99. The minimum absolute atomic E-state index is 0.000443. The van der Waals surface area contributed by atoms with Crippen molar-refractivity contribution in [3.8, 4) is 0 Å². The lowest BCUT2D eigenvalue weighted by Gasteiger charge is -2.14. The quantitative estimate of drug-likeness (QED) is 0.863. The second-order valence-electron chi connectivity index (χ2n) is 5.32. The van der Waals surface area contributed by atoms with E-state index in [0.717, 1.165) is 11.1 Å². The van der Waals surface area contributed by atoms with Crippen LogP contribution in [0.4, 0.5) is 4.39 Å². The van der Waals surface area contributed by atoms with Crippen LogP contribution in [0.1, 0.15) is 29.7 Å². The Bertz CT molecular complexity index is 610. The molecule has 0 aliphatic rings. The number of amides is 1. The predicted molar refractivity (Wildman–Crippen MR) is 90.3 cm³/mol. The molecule has 0 saturated heterocycles. The molecule has 0 heterocycles. The first-order valence-corrected chi connectivity index (χ1v) is 8.38. The zero-order valence-electron chi connectivity index (χ0n) is 12.8. The highest BCUT2D eigenvalue weighted by Crippen LogP contribution is 2.15. The van der Waals surface area contributed by atoms with Crippen LogP contribution in [0.3, 0.4) is 0 Å². The number of aryl methyl sites for hydroxylation is 1. The number of benzene rings is 2. The summed E-state index contributed by atoms with van der Waals surface area (Å²) in [5, 5.41) is 2.99. The van der Waals surface area contributed by atoms with Crippen molar-refractivity contribution < 1.29 is 9.18 Å². The molecule has 0 aliphatic carbocycles. The van der Waals surface area contributed by atoms with Gasteiger partial charge in [0.05, 0.1) is 11.8 Å². The van der Waals surface area contributed by atoms with Crippen molar-refractivity contribution in [2.24, 2.45) is 0 Å². The molecule has 1 unspecified atom stereocenters. The minimum atomic E-state index is -0.238. The summed E-state index contributed by atoms with van der Waals surface area (Å²) >= 11 is 1.53. The average Bonchev–Trinajstić information content (AvgIpc) is 2.50. The summed E-state index contributed by atoms with van der Waals surface area (Å²) in [4.78, 5) is 11.9. The van der Waals surface area contributed by atoms with E-state index in [1.165, 1.54) is 29.5 Å². The Hall–Kier alpha value is -1.81. The molecule has 1 amide bonds. The summed E-state index contributed by atoms with van der Waals surface area (Å²) in [5.41, 5.74) is 3.32. The molecule has 2 rings (SSSR count). The summed E-state index contributed by atoms with van der Waals surface area (Å²) in [6.07, 6.45) is 0. The van der Waals surface area contributed by atoms with E-state index in [-0.39, 0.29) is 17.8 Å². The second kappa shape index (κ2) is 7.99. The van der Waals surface area contributed by atoms with Crippen LogP contribution in [0.5, 0.6) is 0 Å². The fourth-order valence-electron chi connectivity index (χ4n) is 2.06. The standard InChI is InChI=1S/C18H20FNOS/c1-13-3-7-16(8-4-13)14(2)20-18(21)12-22-11-15-5-9-17(19)10-6-15/h3-10,14H,11-12H2,1-2H3,(H,20,21). The van der Waals surface area contributed by atoms with Crippen molar-refractivity contribution in [3.63, 3.8) is 0 Å². The Morgan fingerprint density at radius 1 is 1.14 bits per heavy atom. The molecular formula is C18H20FNOS. The van der Waals surface area contributed by atoms with Gasteiger partial charge in [-0.05, 0) is 37.1 Å². The number of thioether (sulfide) groups is 1. The summed E-state index contributed by atoms with van der Waals surface area (Å²) in [7, 11) is 0. The molecule has 0 bridgehead atoms. The largest absolute Gasteiger partial charge is 0.349 e. The van der Waals surface area contributed by atoms with Crippen molar-refractivity contribution in [1.29, 1.82) is 0 Å². The lowest BCUT2D eigenvalue weighted by molar-refractivity contribution is -0.119. The van der Waals surface area contributed by atoms with E-state index < -0.39 is 0 Å². The van der Waals surface area contributed by atoms with Gasteiger partial charge in [0, 0.05) is 5.75 Å². The van der Waals surface area contributed by atoms with Gasteiger partial charge in [0.25, 0.3) is 0 Å². The van der Waals surface area contributed by atoms with E-state index in [0.29, 0.717) is 11.5 Å². The SMILES string of the molecule is Cc1ccc(C(C)NC(=O)CSCc2ccc(F)cc2)cc1. The van der Waals surface area contributed by atoms with Crippen LogP contribution in [0, 0.1) is 12.7 Å². The van der Waals surface area contributed by atoms with Crippen LogP contribution in [-0.4, -0.2) is 11.7 Å². The number of carbonyl (C=O) groups is 1. The van der Waals surface area contributed by atoms with Crippen molar-refractivity contribution >= 4 is 17.7 Å². The molecule has 4 heteroatoms. The highest BCUT2D eigenvalue weighted by atomic mass is 32.2. The van der Waals surface area contributed by atoms with E-state index >= 15 is 0 Å². The maximum Gasteiger partial charge on any atom is 0.230 e. The van der Waals surface area contributed by atoms with Gasteiger partial charge in [-0.3, -0.25) is 4.79 Å². The summed E-state index contributed by atoms with van der Waals surface area (Å²) in [6, 6.07) is 14.5. The molecule has 0 spiro atoms. The molecule has 0 fully saturated rings. The molecule has 0 aliphatic heterocycles. The minimum Gasteiger partial charge on any atom is -0.349 e. The van der Waals surface area contributed by atoms with Gasteiger partial charge >= 0.3 is 0 Å². The van der Waals surface area contributed by atoms with Crippen LogP contribution < -0.4 is 5.32 Å². The third kappa shape index (κ3) is 5.19. The van der Waals surface area contributed by atoms with E-state index in [4.69, 9.17) is 0 Å². The molecule has 22 heavy (non-hydrogen) atoms. The number of rotatable bonds is 6. The first kappa shape index (κ1) is 16.6. The normalized spacial score (nSPS) is 12.0. The lowest BCUT2D eigenvalue weighted by Crippen LogP contribution is -2.28. The molecule has 1 atom stereocenters. The third-order valence-corrected chi connectivity index (χ3v) is 4.37. The molecule has 2 aromatic rings. The van der Waals surface area contributed by atoms with Gasteiger partial charge in [0.15, 0.2) is 0 Å². The molecule has 1 N–H and O–H groups in total. The van der Waals surface area contributed by atoms with Gasteiger partial charge < -0.3 is 5.32 Å². The number of hydrogen-bond donors (Lipinski definition) is 1. The van der Waals surface area contributed by atoms with Gasteiger partial charge in [-0.2, -0.15) is 0 Å². The number of carbonyl (C=O) groups excluding carboxylic acids is 1. The number of hydrogen-bond acceptors (Lipinski definition) is 2. The number of halogens is 1. The Balaban J connectivity index is 1.75. The monoisotopic (exact) mass is 317 g/mol. The molecule has 0 radical (unpaired) electrons. The lowest BCUT2D eigenvalue weighted by atomic mass is 10.1. The van der Waals surface area contributed by atoms with Crippen LogP contribution in [0.15, 0.2) is 48.5 Å². The zero-order valence-corrected chi connectivity index (χ0v) is 13.6. The molecule has 0 aromatic heterocycles. The number of nitrogens with one attached hydrogen (secondary N) is 1. The van der Waals surface area contributed by atoms with Gasteiger partial charge in [-0.15, -0.1) is 11.8 Å². The fourth-order valence-corrected chi connectivity index (χ4v) is 2.86. The maximum atomic E-state index is 12.8. The van der Waals surface area contributed by atoms with Crippen molar-refractivity contribution in [2.75, 3.05) is 5.75 Å². The van der Waals surface area contributed by atoms with Crippen molar-refractivity contribution in [1.82, 2.24) is 5.32 Å². The van der Waals surface area contributed by atoms with Crippen molar-refractivity contribution in [2.45, 2.75) is 25.6 Å². The van der Waals surface area contributed by atoms with Gasteiger partial charge in [-0.25, -0.2) is 4.39 Å². The predicted octanol–water partition coefficient (Wildman–Crippen LogP) is 4.24. The van der Waals surface area contributed by atoms with Crippen LogP contribution >= 0.6 is 11.8 Å². The van der Waals surface area contributed by atoms with Gasteiger partial charge in [-0.1, -0.05) is 42.0 Å². The summed E-state index contributed by atoms with van der Waals surface area (Å²) < 4.78 is 12.8. The molecule has 0 saturated carbocycles. The van der Waals surface area contributed by atoms with Crippen molar-refractivity contribution in [3.05, 3.63) is 71.0 Å². The van der Waals surface area contributed by atoms with Crippen LogP contribution in [0.25, 0.3) is 0 Å². The first-order valence-electron chi connectivity index (χ1n) is 7.22. The smallest absolute Gasteiger partial charge is 0.230 e. The average molecular weight is 317 g/mol. The topological polar surface area (TPSA) is 29.1 Å². The van der Waals surface area contributed by atoms with E-state index in [9.17, 15) is 9.18 Å². The van der Waals surface area contributed by atoms with Crippen LogP contribution in [-0.2, 0) is 10.5 Å².